The van der Waals surface area contributed by atoms with Crippen LogP contribution in [0.5, 0.6) is 0 Å². The summed E-state index contributed by atoms with van der Waals surface area (Å²) >= 11 is 0. The van der Waals surface area contributed by atoms with Crippen LogP contribution in [0, 0.1) is 12.7 Å². The Hall–Kier alpha value is -1.50. The Morgan fingerprint density at radius 1 is 1.29 bits per heavy atom. The summed E-state index contributed by atoms with van der Waals surface area (Å²) in [6, 6.07) is 3.52. The first kappa shape index (κ1) is 17.6. The van der Waals surface area contributed by atoms with Crippen LogP contribution >= 0.6 is 0 Å². The van der Waals surface area contributed by atoms with Crippen molar-refractivity contribution in [2.45, 2.75) is 13.0 Å². The van der Waals surface area contributed by atoms with Crippen LogP contribution in [0.15, 0.2) is 18.2 Å². The Labute approximate surface area is 124 Å². The van der Waals surface area contributed by atoms with Crippen molar-refractivity contribution in [3.8, 4) is 0 Å². The van der Waals surface area contributed by atoms with E-state index in [-0.39, 0.29) is 5.82 Å². The molecule has 1 rings (SSSR count). The lowest BCUT2D eigenvalue weighted by Gasteiger charge is -2.28. The number of rotatable bonds is 9. The maximum absolute atomic E-state index is 13.4. The maximum atomic E-state index is 13.4. The molecule has 0 fully saturated rings. The number of hydrogen-bond donors (Lipinski definition) is 1. The second-order valence-corrected chi connectivity index (χ2v) is 4.77. The van der Waals surface area contributed by atoms with E-state index in [1.807, 2.05) is 0 Å². The second-order valence-electron chi connectivity index (χ2n) is 4.77. The monoisotopic (exact) mass is 299 g/mol. The van der Waals surface area contributed by atoms with Gasteiger partial charge < -0.3 is 14.6 Å². The molecule has 0 saturated carbocycles. The number of carboxylic acid groups (broad SMARTS) is 1. The molecule has 1 aromatic carbocycles. The van der Waals surface area contributed by atoms with Crippen molar-refractivity contribution < 1.29 is 23.8 Å². The molecule has 1 N–H and O–H groups in total. The van der Waals surface area contributed by atoms with Gasteiger partial charge in [0.15, 0.2) is 0 Å². The summed E-state index contributed by atoms with van der Waals surface area (Å²) in [5.74, 6) is -1.32. The van der Waals surface area contributed by atoms with Gasteiger partial charge in [0.05, 0.1) is 13.2 Å². The van der Waals surface area contributed by atoms with Gasteiger partial charge in [0.25, 0.3) is 0 Å². The molecule has 0 aromatic heterocycles. The Balaban J connectivity index is 3.04. The fourth-order valence-electron chi connectivity index (χ4n) is 2.13. The Bertz CT molecular complexity index is 459. The van der Waals surface area contributed by atoms with E-state index >= 15 is 0 Å². The van der Waals surface area contributed by atoms with Gasteiger partial charge in [-0.3, -0.25) is 9.69 Å². The lowest BCUT2D eigenvalue weighted by molar-refractivity contribution is -0.144. The summed E-state index contributed by atoms with van der Waals surface area (Å²) in [5.41, 5.74) is 0.978. The van der Waals surface area contributed by atoms with Gasteiger partial charge in [-0.05, 0) is 24.1 Å². The van der Waals surface area contributed by atoms with E-state index in [1.165, 1.54) is 12.1 Å². The molecule has 5 nitrogen and oxygen atoms in total. The highest BCUT2D eigenvalue weighted by molar-refractivity contribution is 5.75. The third-order valence-electron chi connectivity index (χ3n) is 3.26. The zero-order valence-electron chi connectivity index (χ0n) is 12.6. The number of nitrogens with zero attached hydrogens (tertiary/aromatic N) is 1. The summed E-state index contributed by atoms with van der Waals surface area (Å²) < 4.78 is 23.4. The largest absolute Gasteiger partial charge is 0.480 e. The van der Waals surface area contributed by atoms with Crippen molar-refractivity contribution in [1.82, 2.24) is 4.90 Å². The first-order valence-electron chi connectivity index (χ1n) is 6.72. The van der Waals surface area contributed by atoms with E-state index in [4.69, 9.17) is 9.47 Å². The Morgan fingerprint density at radius 3 is 2.29 bits per heavy atom. The fourth-order valence-corrected chi connectivity index (χ4v) is 2.13. The average molecular weight is 299 g/mol. The van der Waals surface area contributed by atoms with Crippen LogP contribution in [0.2, 0.25) is 0 Å². The summed E-state index contributed by atoms with van der Waals surface area (Å²) in [6.07, 6.45) is 0. The molecule has 0 heterocycles. The smallest absolute Gasteiger partial charge is 0.325 e. The van der Waals surface area contributed by atoms with E-state index in [1.54, 1.807) is 32.1 Å². The molecule has 0 saturated heterocycles. The highest BCUT2D eigenvalue weighted by Gasteiger charge is 2.27. The number of benzene rings is 1. The number of methoxy groups -OCH3 is 2. The van der Waals surface area contributed by atoms with E-state index in [0.29, 0.717) is 37.4 Å². The van der Waals surface area contributed by atoms with Gasteiger partial charge in [-0.2, -0.15) is 0 Å². The lowest BCUT2D eigenvalue weighted by atomic mass is 10.0. The predicted octanol–water partition coefficient (Wildman–Crippen LogP) is 1.85. The standard InChI is InChI=1S/C15H22FNO4/c1-11-10-12(4-5-13(11)16)14(15(18)19)17(6-8-20-2)7-9-21-3/h4-5,10,14H,6-9H2,1-3H3,(H,18,19). The molecule has 0 aliphatic carbocycles. The molecule has 0 amide bonds. The van der Waals surface area contributed by atoms with Crippen LogP contribution in [0.3, 0.4) is 0 Å². The molecule has 1 unspecified atom stereocenters. The lowest BCUT2D eigenvalue weighted by Crippen LogP contribution is -2.38. The third-order valence-corrected chi connectivity index (χ3v) is 3.26. The van der Waals surface area contributed by atoms with Gasteiger partial charge in [0.2, 0.25) is 0 Å². The number of carboxylic acids is 1. The number of aliphatic carboxylic acids is 1. The number of hydrogen-bond acceptors (Lipinski definition) is 4. The van der Waals surface area contributed by atoms with Gasteiger partial charge in [0, 0.05) is 27.3 Å². The highest BCUT2D eigenvalue weighted by atomic mass is 19.1. The molecule has 0 radical (unpaired) electrons. The summed E-state index contributed by atoms with van der Waals surface area (Å²) in [5, 5.41) is 9.54. The van der Waals surface area contributed by atoms with Gasteiger partial charge in [0.1, 0.15) is 11.9 Å². The molecule has 21 heavy (non-hydrogen) atoms. The Kier molecular flexibility index (Phi) is 7.28. The van der Waals surface area contributed by atoms with Gasteiger partial charge in [-0.25, -0.2) is 4.39 Å². The number of halogens is 1. The minimum absolute atomic E-state index is 0.344. The zero-order chi connectivity index (χ0) is 15.8. The quantitative estimate of drug-likeness (QED) is 0.754. The van der Waals surface area contributed by atoms with Crippen molar-refractivity contribution in [3.63, 3.8) is 0 Å². The normalized spacial score (nSPS) is 12.6. The molecular weight excluding hydrogens is 277 g/mol. The second kappa shape index (κ2) is 8.71. The van der Waals surface area contributed by atoms with E-state index < -0.39 is 12.0 Å². The van der Waals surface area contributed by atoms with Crippen molar-refractivity contribution in [2.75, 3.05) is 40.5 Å². The van der Waals surface area contributed by atoms with Crippen molar-refractivity contribution in [2.24, 2.45) is 0 Å². The van der Waals surface area contributed by atoms with Crippen molar-refractivity contribution in [1.29, 1.82) is 0 Å². The van der Waals surface area contributed by atoms with Crippen molar-refractivity contribution >= 4 is 5.97 Å². The van der Waals surface area contributed by atoms with Gasteiger partial charge in [-0.15, -0.1) is 0 Å². The zero-order valence-corrected chi connectivity index (χ0v) is 12.6. The number of carbonyl (C=O) groups is 1. The molecule has 0 aliphatic heterocycles. The van der Waals surface area contributed by atoms with Crippen LogP contribution < -0.4 is 0 Å². The van der Waals surface area contributed by atoms with Crippen molar-refractivity contribution in [3.05, 3.63) is 35.1 Å². The highest BCUT2D eigenvalue weighted by Crippen LogP contribution is 2.23. The molecule has 118 valence electrons. The Morgan fingerprint density at radius 2 is 1.86 bits per heavy atom. The minimum Gasteiger partial charge on any atom is -0.480 e. The van der Waals surface area contributed by atoms with Gasteiger partial charge in [-0.1, -0.05) is 12.1 Å². The van der Waals surface area contributed by atoms with E-state index in [9.17, 15) is 14.3 Å². The van der Waals surface area contributed by atoms with E-state index in [0.717, 1.165) is 0 Å². The minimum atomic E-state index is -0.979. The van der Waals surface area contributed by atoms with E-state index in [2.05, 4.69) is 0 Å². The molecule has 1 aromatic rings. The molecule has 6 heteroatoms. The molecule has 0 spiro atoms. The average Bonchev–Trinajstić information content (AvgIpc) is 2.45. The topological polar surface area (TPSA) is 59.0 Å². The van der Waals surface area contributed by atoms with Crippen LogP contribution in [-0.4, -0.2) is 56.5 Å². The number of aryl methyl sites for hydroxylation is 1. The predicted molar refractivity (Wildman–Crippen MR) is 76.8 cm³/mol. The molecular formula is C15H22FNO4. The summed E-state index contributed by atoms with van der Waals surface area (Å²) in [7, 11) is 3.12. The summed E-state index contributed by atoms with van der Waals surface area (Å²) in [4.78, 5) is 13.4. The fraction of sp³-hybridized carbons (Fsp3) is 0.533. The first-order chi connectivity index (χ1) is 10.0. The first-order valence-corrected chi connectivity index (χ1v) is 6.72. The van der Waals surface area contributed by atoms with Crippen LogP contribution in [0.4, 0.5) is 4.39 Å². The third kappa shape index (κ3) is 5.08. The SMILES string of the molecule is COCCN(CCOC)C(C(=O)O)c1ccc(F)c(C)c1. The van der Waals surface area contributed by atoms with Crippen LogP contribution in [-0.2, 0) is 14.3 Å². The maximum Gasteiger partial charge on any atom is 0.325 e. The molecule has 0 bridgehead atoms. The van der Waals surface area contributed by atoms with Crippen LogP contribution in [0.1, 0.15) is 17.2 Å². The number of ether oxygens (including phenoxy) is 2. The summed E-state index contributed by atoms with van der Waals surface area (Å²) in [6.45, 7) is 3.34. The van der Waals surface area contributed by atoms with Crippen LogP contribution in [0.25, 0.3) is 0 Å². The molecule has 0 aliphatic rings. The van der Waals surface area contributed by atoms with Gasteiger partial charge >= 0.3 is 5.97 Å². The molecule has 1 atom stereocenters.